The van der Waals surface area contributed by atoms with Crippen molar-refractivity contribution in [2.75, 3.05) is 62.3 Å². The Balaban J connectivity index is 0.000000180. The fourth-order valence-corrected chi connectivity index (χ4v) is 10.1. The maximum atomic E-state index is 15.3. The van der Waals surface area contributed by atoms with Gasteiger partial charge in [-0.3, -0.25) is 14.3 Å². The molecule has 3 aliphatic rings. The van der Waals surface area contributed by atoms with Crippen LogP contribution in [-0.2, 0) is 32.2 Å². The highest BCUT2D eigenvalue weighted by atomic mass is 19.1. The van der Waals surface area contributed by atoms with Crippen LogP contribution in [0.25, 0.3) is 45.8 Å². The Morgan fingerprint density at radius 2 is 1.13 bits per heavy atom. The molecule has 0 bridgehead atoms. The SMILES string of the molecule is C[C@H]1CCCN(c2nc(-c3cc(-c4ccon4)n(Cc4ccccc4F)n3)ncc2F)[C@H]1C(=O)O.C[C@H]1CCCN(c2nc(-c3cc(-c4ccon4)n(Cc4ccccc4F)n3)ncc2F)[C@H]1C(=O)OCCN1CCOCC1. The van der Waals surface area contributed by atoms with Gasteiger partial charge in [-0.1, -0.05) is 60.6 Å². The smallest absolute Gasteiger partial charge is 0.329 e. The average Bonchev–Trinajstić information content (AvgIpc) is 4.40. The lowest BCUT2D eigenvalue weighted by Crippen LogP contribution is -2.51. The minimum atomic E-state index is -1.03. The third-order valence-corrected chi connectivity index (χ3v) is 14.1. The van der Waals surface area contributed by atoms with Gasteiger partial charge in [-0.05, 0) is 61.8 Å². The largest absolute Gasteiger partial charge is 0.480 e. The molecule has 4 atom stereocenters. The Labute approximate surface area is 444 Å². The van der Waals surface area contributed by atoms with Crippen LogP contribution in [0.1, 0.15) is 50.7 Å². The number of nitrogens with zero attached hydrogens (tertiary/aromatic N) is 13. The molecule has 2 aromatic carbocycles. The highest BCUT2D eigenvalue weighted by Crippen LogP contribution is 2.34. The van der Waals surface area contributed by atoms with Crippen LogP contribution in [-0.4, -0.2) is 136 Å². The van der Waals surface area contributed by atoms with E-state index in [2.05, 4.69) is 45.3 Å². The molecule has 0 spiro atoms. The second-order valence-electron chi connectivity index (χ2n) is 19.3. The summed E-state index contributed by atoms with van der Waals surface area (Å²) in [4.78, 5) is 47.9. The van der Waals surface area contributed by atoms with Crippen molar-refractivity contribution >= 4 is 23.6 Å². The Morgan fingerprint density at radius 3 is 1.60 bits per heavy atom. The average molecular weight is 1070 g/mol. The standard InChI is InChI=1S/C30H33F2N7O4.C24H22F2N6O3/c1-20-5-4-9-38(27(20)30(40)42-16-12-37-10-14-41-15-11-37)29-23(32)18-33-28(34-29)25-17-26(24-8-13-43-36-24)39(35-25)19-21-6-2-3-7-22(21)31;1-14-5-4-9-31(21(14)24(33)34)23-17(26)12-27-22(28-23)19-11-20(18-8-10-35-30-18)32(29-19)13-15-6-2-3-7-16(15)25/h2-3,6-8,13,17-18,20,27H,4-5,9-12,14-16,19H2,1H3;2-3,6-8,10-12,14,21H,4-5,9,13H2,1H3,(H,33,34)/t20-,27+;14-,21+/m00/s1. The van der Waals surface area contributed by atoms with Crippen molar-refractivity contribution in [2.45, 2.75) is 64.7 Å². The van der Waals surface area contributed by atoms with Crippen LogP contribution in [0.3, 0.4) is 0 Å². The van der Waals surface area contributed by atoms with E-state index in [0.29, 0.717) is 78.1 Å². The van der Waals surface area contributed by atoms with E-state index in [1.54, 1.807) is 74.9 Å². The van der Waals surface area contributed by atoms with Crippen LogP contribution in [0, 0.1) is 35.1 Å². The number of carbonyl (C=O) groups is 2. The van der Waals surface area contributed by atoms with Crippen molar-refractivity contribution in [3.05, 3.63) is 132 Å². The maximum Gasteiger partial charge on any atom is 0.329 e. The molecule has 78 heavy (non-hydrogen) atoms. The molecule has 0 saturated carbocycles. The fraction of sp³-hybridized carbons (Fsp3) is 0.370. The number of aliphatic carboxylic acids is 1. The van der Waals surface area contributed by atoms with E-state index >= 15 is 4.39 Å². The Bertz CT molecular complexity index is 3330. The quantitative estimate of drug-likeness (QED) is 0.0763. The molecule has 11 rings (SSSR count). The van der Waals surface area contributed by atoms with Crippen LogP contribution in [0.15, 0.2) is 107 Å². The highest BCUT2D eigenvalue weighted by Gasteiger charge is 2.39. The lowest BCUT2D eigenvalue weighted by molar-refractivity contribution is -0.147. The zero-order chi connectivity index (χ0) is 54.3. The van der Waals surface area contributed by atoms with E-state index < -0.39 is 35.7 Å². The van der Waals surface area contributed by atoms with E-state index in [9.17, 15) is 27.9 Å². The topological polar surface area (TPSA) is 222 Å². The number of morpholine rings is 1. The van der Waals surface area contributed by atoms with Gasteiger partial charge < -0.3 is 33.4 Å². The van der Waals surface area contributed by atoms with Crippen molar-refractivity contribution in [1.82, 2.24) is 54.7 Å². The van der Waals surface area contributed by atoms with Gasteiger partial charge in [0.25, 0.3) is 0 Å². The number of carboxylic acid groups (broad SMARTS) is 1. The van der Waals surface area contributed by atoms with Gasteiger partial charge in [-0.2, -0.15) is 10.2 Å². The zero-order valence-corrected chi connectivity index (χ0v) is 42.7. The number of rotatable bonds is 15. The molecule has 0 amide bonds. The molecule has 1 N–H and O–H groups in total. The first kappa shape index (κ1) is 53.0. The van der Waals surface area contributed by atoms with Crippen molar-refractivity contribution in [3.63, 3.8) is 0 Å². The second-order valence-corrected chi connectivity index (χ2v) is 19.3. The second kappa shape index (κ2) is 23.9. The molecule has 3 aliphatic heterocycles. The number of piperidine rings is 2. The minimum Gasteiger partial charge on any atom is -0.480 e. The molecule has 24 heteroatoms. The first-order valence-electron chi connectivity index (χ1n) is 25.6. The number of benzene rings is 2. The molecule has 0 aliphatic carbocycles. The summed E-state index contributed by atoms with van der Waals surface area (Å²) in [6.07, 6.45) is 7.97. The van der Waals surface area contributed by atoms with Gasteiger partial charge in [-0.25, -0.2) is 47.1 Å². The predicted octanol–water partition coefficient (Wildman–Crippen LogP) is 7.81. The number of hydrogen-bond donors (Lipinski definition) is 1. The van der Waals surface area contributed by atoms with Crippen LogP contribution < -0.4 is 9.80 Å². The van der Waals surface area contributed by atoms with Crippen LogP contribution >= 0.6 is 0 Å². The summed E-state index contributed by atoms with van der Waals surface area (Å²) in [6, 6.07) is 17.8. The van der Waals surface area contributed by atoms with E-state index in [4.69, 9.17) is 18.5 Å². The predicted molar refractivity (Wildman–Crippen MR) is 273 cm³/mol. The summed E-state index contributed by atoms with van der Waals surface area (Å²) in [5, 5.41) is 26.9. The summed E-state index contributed by atoms with van der Waals surface area (Å²) in [7, 11) is 0. The molecule has 0 unspecified atom stereocenters. The Kier molecular flexibility index (Phi) is 16.2. The molecule has 9 heterocycles. The summed E-state index contributed by atoms with van der Waals surface area (Å²) < 4.78 is 83.2. The zero-order valence-electron chi connectivity index (χ0n) is 42.7. The van der Waals surface area contributed by atoms with E-state index in [0.717, 1.165) is 51.2 Å². The molecule has 0 radical (unpaired) electrons. The van der Waals surface area contributed by atoms with E-state index in [1.807, 2.05) is 13.8 Å². The van der Waals surface area contributed by atoms with E-state index in [-0.39, 0.29) is 66.5 Å². The number of aromatic nitrogens is 10. The highest BCUT2D eigenvalue weighted by molar-refractivity contribution is 5.81. The summed E-state index contributed by atoms with van der Waals surface area (Å²) >= 11 is 0. The third kappa shape index (κ3) is 11.8. The number of anilines is 2. The van der Waals surface area contributed by atoms with Gasteiger partial charge in [0, 0.05) is 56.0 Å². The number of carbonyl (C=O) groups excluding carboxylic acids is 1. The summed E-state index contributed by atoms with van der Waals surface area (Å²) in [6.45, 7) is 8.61. The van der Waals surface area contributed by atoms with Crippen molar-refractivity contribution < 1.29 is 50.8 Å². The number of carboxylic acids is 1. The normalized spacial score (nSPS) is 18.8. The number of hydrogen-bond acceptors (Lipinski definition) is 17. The fourth-order valence-electron chi connectivity index (χ4n) is 10.1. The van der Waals surface area contributed by atoms with Gasteiger partial charge in [0.15, 0.2) is 34.9 Å². The number of halogens is 4. The Morgan fingerprint density at radius 1 is 0.641 bits per heavy atom. The summed E-state index contributed by atoms with van der Waals surface area (Å²) in [5.74, 6) is -3.57. The lowest BCUT2D eigenvalue weighted by atomic mass is 9.90. The number of ether oxygens (including phenoxy) is 2. The van der Waals surface area contributed by atoms with Gasteiger partial charge in [0.1, 0.15) is 65.6 Å². The molecule has 406 valence electrons. The number of esters is 1. The molecular formula is C54H55F4N13O7. The molecule has 3 fully saturated rings. The maximum absolute atomic E-state index is 15.3. The van der Waals surface area contributed by atoms with E-state index in [1.165, 1.54) is 29.6 Å². The van der Waals surface area contributed by atoms with Gasteiger partial charge in [-0.15, -0.1) is 0 Å². The Hall–Kier alpha value is -8.38. The molecule has 3 saturated heterocycles. The monoisotopic (exact) mass is 1070 g/mol. The molecular weight excluding hydrogens is 1020 g/mol. The first-order chi connectivity index (χ1) is 37.9. The van der Waals surface area contributed by atoms with Crippen LogP contribution in [0.5, 0.6) is 0 Å². The third-order valence-electron chi connectivity index (χ3n) is 14.1. The first-order valence-corrected chi connectivity index (χ1v) is 25.6. The van der Waals surface area contributed by atoms with Gasteiger partial charge in [0.2, 0.25) is 0 Å². The molecule has 6 aromatic heterocycles. The summed E-state index contributed by atoms with van der Waals surface area (Å²) in [5.41, 5.74) is 3.53. The molecule has 8 aromatic rings. The van der Waals surface area contributed by atoms with Crippen molar-refractivity contribution in [1.29, 1.82) is 0 Å². The van der Waals surface area contributed by atoms with Crippen molar-refractivity contribution in [3.8, 4) is 45.8 Å². The van der Waals surface area contributed by atoms with Crippen LogP contribution in [0.4, 0.5) is 29.2 Å². The molecule has 20 nitrogen and oxygen atoms in total. The minimum absolute atomic E-state index is 0.0123. The van der Waals surface area contributed by atoms with Crippen LogP contribution in [0.2, 0.25) is 0 Å². The van der Waals surface area contributed by atoms with Crippen molar-refractivity contribution in [2.24, 2.45) is 11.8 Å². The van der Waals surface area contributed by atoms with Gasteiger partial charge in [0.05, 0.1) is 50.1 Å². The van der Waals surface area contributed by atoms with Gasteiger partial charge >= 0.3 is 11.9 Å². The lowest BCUT2D eigenvalue weighted by Gasteiger charge is -2.39.